The number of imidazole rings is 1. The van der Waals surface area contributed by atoms with E-state index in [1.807, 2.05) is 0 Å². The number of aromatic amines is 1. The van der Waals surface area contributed by atoms with Crippen LogP contribution < -0.4 is 11.3 Å². The van der Waals surface area contributed by atoms with E-state index in [4.69, 9.17) is 22.3 Å². The maximum atomic E-state index is 14.9. The van der Waals surface area contributed by atoms with Crippen molar-refractivity contribution in [2.75, 3.05) is 5.73 Å². The highest BCUT2D eigenvalue weighted by Gasteiger charge is 2.55. The fourth-order valence-electron chi connectivity index (χ4n) is 5.06. The minimum atomic E-state index is -0.934. The van der Waals surface area contributed by atoms with Crippen LogP contribution in [0.15, 0.2) is 47.5 Å². The van der Waals surface area contributed by atoms with E-state index in [2.05, 4.69) is 30.5 Å². The molecule has 0 radical (unpaired) electrons. The van der Waals surface area contributed by atoms with Gasteiger partial charge in [-0.15, -0.1) is 5.10 Å². The van der Waals surface area contributed by atoms with Gasteiger partial charge in [0.2, 0.25) is 11.9 Å². The lowest BCUT2D eigenvalue weighted by Crippen LogP contribution is -2.27. The number of H-pyrrole nitrogens is 1. The first-order valence-corrected chi connectivity index (χ1v) is 11.6. The van der Waals surface area contributed by atoms with Crippen molar-refractivity contribution in [1.82, 2.24) is 44.7 Å². The zero-order valence-electron chi connectivity index (χ0n) is 18.7. The number of hydrogen-bond acceptors (Lipinski definition) is 8. The zero-order chi connectivity index (χ0) is 25.4. The molecule has 1 saturated carbocycles. The van der Waals surface area contributed by atoms with Gasteiger partial charge in [-0.1, -0.05) is 11.6 Å². The summed E-state index contributed by atoms with van der Waals surface area (Å²) < 4.78 is 32.2. The molecule has 3 unspecified atom stereocenters. The minimum absolute atomic E-state index is 0.000131. The molecule has 0 spiro atoms. The first kappa shape index (κ1) is 21.7. The number of nitrogens with one attached hydrogen (secondary N) is 1. The predicted molar refractivity (Wildman–Crippen MR) is 127 cm³/mol. The molecule has 4 aromatic heterocycles. The van der Waals surface area contributed by atoms with E-state index in [1.54, 1.807) is 18.2 Å². The summed E-state index contributed by atoms with van der Waals surface area (Å²) in [6.45, 7) is 0. The molecule has 184 valence electrons. The molecule has 3 atom stereocenters. The largest absolute Gasteiger partial charge is 0.384 e. The summed E-state index contributed by atoms with van der Waals surface area (Å²) in [7, 11) is 0. The standard InChI is InChI=1S/C23H15ClF2N10O/c24-9-1-3-15(35-8-28-33-34-35)13(5-9)14-7-17(37)36-19(11-6-12(11)23(36)29-14)22-31-18(21(26)32-22)10-2-4-16(27)30-20(10)25/h1-5,7-8,11-12,19H,6H2,(H2,27,30)(H,31,32). The van der Waals surface area contributed by atoms with Crippen LogP contribution in [0.1, 0.15) is 30.0 Å². The Morgan fingerprint density at radius 2 is 1.95 bits per heavy atom. The number of fused-ring (bicyclic) bond motifs is 3. The average molecular weight is 521 g/mol. The Balaban J connectivity index is 1.33. The van der Waals surface area contributed by atoms with E-state index in [9.17, 15) is 13.6 Å². The maximum Gasteiger partial charge on any atom is 0.254 e. The van der Waals surface area contributed by atoms with Gasteiger partial charge in [0.1, 0.15) is 29.5 Å². The van der Waals surface area contributed by atoms with Crippen molar-refractivity contribution in [2.24, 2.45) is 5.92 Å². The molecule has 14 heteroatoms. The summed E-state index contributed by atoms with van der Waals surface area (Å²) in [6.07, 6.45) is 2.19. The number of aromatic nitrogens is 9. The van der Waals surface area contributed by atoms with E-state index in [0.717, 1.165) is 6.42 Å². The SMILES string of the molecule is Nc1ccc(-c2nc(C3C4CC4c4nc(-c5cc(Cl)ccc5-n5cnnn5)cc(=O)n43)[nH]c2F)c(F)n1. The lowest BCUT2D eigenvalue weighted by molar-refractivity contribution is 0.500. The molecule has 11 nitrogen and oxygen atoms in total. The predicted octanol–water partition coefficient (Wildman–Crippen LogP) is 2.89. The van der Waals surface area contributed by atoms with E-state index in [1.165, 1.54) is 33.8 Å². The van der Waals surface area contributed by atoms with Gasteiger partial charge < -0.3 is 10.7 Å². The maximum absolute atomic E-state index is 14.9. The van der Waals surface area contributed by atoms with Gasteiger partial charge in [-0.05, 0) is 53.1 Å². The Kier molecular flexibility index (Phi) is 4.55. The Hall–Kier alpha value is -4.52. The first-order chi connectivity index (χ1) is 17.9. The van der Waals surface area contributed by atoms with Crippen LogP contribution in [0.4, 0.5) is 14.6 Å². The van der Waals surface area contributed by atoms with Crippen LogP contribution in [0.5, 0.6) is 0 Å². The third-order valence-electron chi connectivity index (χ3n) is 6.75. The number of hydrogen-bond donors (Lipinski definition) is 2. The highest BCUT2D eigenvalue weighted by Crippen LogP contribution is 2.60. The van der Waals surface area contributed by atoms with Gasteiger partial charge in [-0.3, -0.25) is 9.36 Å². The Labute approximate surface area is 211 Å². The topological polar surface area (TPSA) is 146 Å². The summed E-state index contributed by atoms with van der Waals surface area (Å²) in [5.74, 6) is -1.01. The van der Waals surface area contributed by atoms with Gasteiger partial charge in [0, 0.05) is 22.6 Å². The fraction of sp³-hybridized carbons (Fsp3) is 0.174. The first-order valence-electron chi connectivity index (χ1n) is 11.2. The van der Waals surface area contributed by atoms with Crippen LogP contribution in [0.3, 0.4) is 0 Å². The molecule has 7 rings (SSSR count). The second kappa shape index (κ2) is 7.74. The summed E-state index contributed by atoms with van der Waals surface area (Å²) >= 11 is 6.25. The smallest absolute Gasteiger partial charge is 0.254 e. The van der Waals surface area contributed by atoms with Crippen LogP contribution >= 0.6 is 11.6 Å². The number of tetrazole rings is 1. The van der Waals surface area contributed by atoms with Crippen molar-refractivity contribution >= 4 is 17.4 Å². The monoisotopic (exact) mass is 520 g/mol. The third kappa shape index (κ3) is 3.34. The Morgan fingerprint density at radius 3 is 2.73 bits per heavy atom. The highest BCUT2D eigenvalue weighted by molar-refractivity contribution is 6.31. The number of nitrogens with zero attached hydrogens (tertiary/aromatic N) is 8. The van der Waals surface area contributed by atoms with E-state index < -0.39 is 17.9 Å². The van der Waals surface area contributed by atoms with Crippen molar-refractivity contribution in [3.8, 4) is 28.2 Å². The third-order valence-corrected chi connectivity index (χ3v) is 6.98. The van der Waals surface area contributed by atoms with Gasteiger partial charge in [0.25, 0.3) is 5.56 Å². The van der Waals surface area contributed by atoms with Gasteiger partial charge in [-0.2, -0.15) is 13.5 Å². The van der Waals surface area contributed by atoms with Crippen LogP contribution in [-0.2, 0) is 0 Å². The van der Waals surface area contributed by atoms with Crippen molar-refractivity contribution in [1.29, 1.82) is 0 Å². The molecule has 1 aromatic carbocycles. The second-order valence-electron chi connectivity index (χ2n) is 8.93. The number of nitrogens with two attached hydrogens (primary N) is 1. The molecular formula is C23H15ClF2N10O. The van der Waals surface area contributed by atoms with Crippen LogP contribution in [-0.4, -0.2) is 44.7 Å². The lowest BCUT2D eigenvalue weighted by atomic mass is 10.1. The van der Waals surface area contributed by atoms with Crippen molar-refractivity contribution in [3.63, 3.8) is 0 Å². The number of pyridine rings is 1. The quantitative estimate of drug-likeness (QED) is 0.344. The molecule has 5 heterocycles. The van der Waals surface area contributed by atoms with Gasteiger partial charge in [0.15, 0.2) is 0 Å². The molecule has 3 N–H and O–H groups in total. The molecule has 1 aliphatic heterocycles. The number of benzene rings is 1. The molecule has 1 fully saturated rings. The highest BCUT2D eigenvalue weighted by atomic mass is 35.5. The molecular weight excluding hydrogens is 506 g/mol. The number of nitrogen functional groups attached to an aromatic ring is 1. The Morgan fingerprint density at radius 1 is 1.08 bits per heavy atom. The zero-order valence-corrected chi connectivity index (χ0v) is 19.4. The molecule has 5 aromatic rings. The number of rotatable bonds is 4. The second-order valence-corrected chi connectivity index (χ2v) is 9.37. The van der Waals surface area contributed by atoms with E-state index in [0.29, 0.717) is 27.8 Å². The summed E-state index contributed by atoms with van der Waals surface area (Å²) in [5.41, 5.74) is 6.41. The van der Waals surface area contributed by atoms with Crippen LogP contribution in [0, 0.1) is 17.8 Å². The molecule has 2 aliphatic rings. The summed E-state index contributed by atoms with van der Waals surface area (Å²) in [4.78, 5) is 28.7. The normalized spacial score (nSPS) is 19.6. The van der Waals surface area contributed by atoms with Crippen LogP contribution in [0.25, 0.3) is 28.2 Å². The van der Waals surface area contributed by atoms with Crippen molar-refractivity contribution < 1.29 is 8.78 Å². The van der Waals surface area contributed by atoms with Crippen molar-refractivity contribution in [3.05, 3.63) is 81.6 Å². The summed E-state index contributed by atoms with van der Waals surface area (Å²) in [5, 5.41) is 11.7. The number of halogens is 3. The number of anilines is 1. The average Bonchev–Trinajstić information content (AvgIpc) is 3.17. The van der Waals surface area contributed by atoms with Crippen LogP contribution in [0.2, 0.25) is 5.02 Å². The van der Waals surface area contributed by atoms with Gasteiger partial charge in [-0.25, -0.2) is 15.0 Å². The molecule has 0 amide bonds. The Bertz CT molecular complexity index is 1770. The molecule has 37 heavy (non-hydrogen) atoms. The summed E-state index contributed by atoms with van der Waals surface area (Å²) in [6, 6.07) is 8.63. The van der Waals surface area contributed by atoms with E-state index >= 15 is 0 Å². The van der Waals surface area contributed by atoms with Crippen molar-refractivity contribution in [2.45, 2.75) is 18.4 Å². The molecule has 0 saturated heterocycles. The van der Waals surface area contributed by atoms with Gasteiger partial charge in [0.05, 0.1) is 23.0 Å². The minimum Gasteiger partial charge on any atom is -0.384 e. The van der Waals surface area contributed by atoms with Gasteiger partial charge >= 0.3 is 0 Å². The molecule has 0 bridgehead atoms. The molecule has 1 aliphatic carbocycles. The fourth-order valence-corrected chi connectivity index (χ4v) is 5.23. The lowest BCUT2D eigenvalue weighted by Gasteiger charge is -2.16. The van der Waals surface area contributed by atoms with E-state index in [-0.39, 0.29) is 40.3 Å².